The van der Waals surface area contributed by atoms with Gasteiger partial charge in [0.25, 0.3) is 0 Å². The Morgan fingerprint density at radius 1 is 1.25 bits per heavy atom. The van der Waals surface area contributed by atoms with Crippen molar-refractivity contribution >= 4 is 10.4 Å². The first kappa shape index (κ1) is 14.4. The molecule has 0 bridgehead atoms. The molecule has 12 heavy (non-hydrogen) atoms. The summed E-state index contributed by atoms with van der Waals surface area (Å²) in [6, 6.07) is 0. The number of hydrogen-bond donors (Lipinski definition) is 0. The fourth-order valence-corrected chi connectivity index (χ4v) is 0.671. The average molecular weight is 199 g/mol. The van der Waals surface area contributed by atoms with E-state index in [4.69, 9.17) is 17.5 Å². The van der Waals surface area contributed by atoms with Gasteiger partial charge in [-0.05, 0) is 6.42 Å². The van der Waals surface area contributed by atoms with Crippen molar-refractivity contribution in [3.05, 3.63) is 0 Å². The molecular formula is C6H17NO4S. The minimum absolute atomic E-state index is 0. The lowest BCUT2D eigenvalue weighted by Crippen LogP contribution is -2.34. The zero-order chi connectivity index (χ0) is 10.4. The molecule has 0 spiro atoms. The van der Waals surface area contributed by atoms with Crippen molar-refractivity contribution in [2.24, 2.45) is 0 Å². The zero-order valence-electron chi connectivity index (χ0n) is 8.90. The lowest BCUT2D eigenvalue weighted by Gasteiger charge is -2.22. The van der Waals surface area contributed by atoms with E-state index in [1.54, 1.807) is 0 Å². The minimum Gasteiger partial charge on any atom is -0.759 e. The predicted molar refractivity (Wildman–Crippen MR) is 44.8 cm³/mol. The Kier molecular flexibility index (Phi) is 6.55. The molecule has 0 unspecified atom stereocenters. The quantitative estimate of drug-likeness (QED) is 0.352. The Bertz CT molecular complexity index is 189. The van der Waals surface area contributed by atoms with E-state index in [-0.39, 0.29) is 1.43 Å². The topological polar surface area (TPSA) is 80.3 Å². The van der Waals surface area contributed by atoms with Crippen molar-refractivity contribution in [1.29, 1.82) is 0 Å². The van der Waals surface area contributed by atoms with Gasteiger partial charge >= 0.3 is 1.43 Å². The molecule has 0 fully saturated rings. The summed E-state index contributed by atoms with van der Waals surface area (Å²) in [5.74, 6) is 0. The molecule has 5 nitrogen and oxygen atoms in total. The van der Waals surface area contributed by atoms with E-state index in [0.29, 0.717) is 0 Å². The Hall–Kier alpha value is -0.170. The Morgan fingerprint density at radius 3 is 1.50 bits per heavy atom. The average Bonchev–Trinajstić information content (AvgIpc) is 1.54. The van der Waals surface area contributed by atoms with Crippen LogP contribution in [0.2, 0.25) is 0 Å². The summed E-state index contributed by atoms with van der Waals surface area (Å²) in [5.41, 5.74) is 0. The maximum atomic E-state index is 8.52. The van der Waals surface area contributed by atoms with Crippen LogP contribution in [-0.2, 0) is 10.4 Å². The van der Waals surface area contributed by atoms with Crippen LogP contribution in [0, 0.1) is 0 Å². The van der Waals surface area contributed by atoms with Gasteiger partial charge in [-0.25, -0.2) is 0 Å². The fourth-order valence-electron chi connectivity index (χ4n) is 0.671. The van der Waals surface area contributed by atoms with Gasteiger partial charge in [0.05, 0.1) is 27.7 Å². The molecule has 0 aromatic rings. The highest BCUT2D eigenvalue weighted by molar-refractivity contribution is 7.79. The number of quaternary nitrogens is 1. The monoisotopic (exact) mass is 199 g/mol. The van der Waals surface area contributed by atoms with E-state index in [2.05, 4.69) is 28.1 Å². The lowest BCUT2D eigenvalue weighted by atomic mass is 10.4. The van der Waals surface area contributed by atoms with E-state index < -0.39 is 10.4 Å². The van der Waals surface area contributed by atoms with Crippen molar-refractivity contribution in [2.45, 2.75) is 13.3 Å². The van der Waals surface area contributed by atoms with E-state index >= 15 is 0 Å². The van der Waals surface area contributed by atoms with Gasteiger partial charge < -0.3 is 13.6 Å². The van der Waals surface area contributed by atoms with Crippen molar-refractivity contribution in [3.8, 4) is 0 Å². The van der Waals surface area contributed by atoms with E-state index in [1.807, 2.05) is 0 Å². The van der Waals surface area contributed by atoms with Crippen LogP contribution in [0.1, 0.15) is 14.8 Å². The largest absolute Gasteiger partial charge is 1.00 e. The second-order valence-electron chi connectivity index (χ2n) is 3.42. The molecule has 0 aliphatic rings. The Labute approximate surface area is 75.7 Å². The smallest absolute Gasteiger partial charge is 0.759 e. The summed E-state index contributed by atoms with van der Waals surface area (Å²) < 4.78 is 35.2. The van der Waals surface area contributed by atoms with Gasteiger partial charge in [-0.15, -0.1) is 0 Å². The molecule has 0 aliphatic carbocycles. The summed E-state index contributed by atoms with van der Waals surface area (Å²) in [4.78, 5) is 0. The highest BCUT2D eigenvalue weighted by Gasteiger charge is 2.01. The maximum Gasteiger partial charge on any atom is 1.00 e. The molecule has 0 aromatic heterocycles. The Balaban J connectivity index is -0.000000150. The fraction of sp³-hybridized carbons (Fsp3) is 1.00. The summed E-state index contributed by atoms with van der Waals surface area (Å²) in [5, 5.41) is 0. The first-order valence-corrected chi connectivity index (χ1v) is 4.86. The van der Waals surface area contributed by atoms with Crippen molar-refractivity contribution in [2.75, 3.05) is 27.7 Å². The molecule has 0 aliphatic heterocycles. The lowest BCUT2D eigenvalue weighted by molar-refractivity contribution is -0.870. The first-order valence-electron chi connectivity index (χ1n) is 3.53. The molecule has 0 N–H and O–H groups in total. The third-order valence-corrected chi connectivity index (χ3v) is 0.894. The first-order chi connectivity index (χ1) is 5.06. The highest BCUT2D eigenvalue weighted by Crippen LogP contribution is 1.90. The van der Waals surface area contributed by atoms with Crippen LogP contribution in [-0.4, -0.2) is 49.7 Å². The molecular weight excluding hydrogens is 182 g/mol. The van der Waals surface area contributed by atoms with Crippen molar-refractivity contribution in [3.63, 3.8) is 0 Å². The maximum absolute atomic E-state index is 8.52. The van der Waals surface area contributed by atoms with Gasteiger partial charge in [-0.3, -0.25) is 8.42 Å². The number of hydrogen-bond acceptors (Lipinski definition) is 4. The summed E-state index contributed by atoms with van der Waals surface area (Å²) in [6.45, 7) is 3.49. The van der Waals surface area contributed by atoms with Gasteiger partial charge in [0, 0.05) is 10.4 Å². The van der Waals surface area contributed by atoms with Gasteiger partial charge in [0.15, 0.2) is 0 Å². The summed E-state index contributed by atoms with van der Waals surface area (Å²) in [6.07, 6.45) is 1.28. The molecule has 0 saturated carbocycles. The molecule has 0 saturated heterocycles. The van der Waals surface area contributed by atoms with E-state index in [0.717, 1.165) is 4.48 Å². The predicted octanol–water partition coefficient (Wildman–Crippen LogP) is -0.123. The van der Waals surface area contributed by atoms with Crippen LogP contribution in [0.15, 0.2) is 0 Å². The van der Waals surface area contributed by atoms with Crippen LogP contribution in [0.5, 0.6) is 0 Å². The van der Waals surface area contributed by atoms with Crippen LogP contribution in [0.4, 0.5) is 0 Å². The van der Waals surface area contributed by atoms with Gasteiger partial charge in [0.2, 0.25) is 0 Å². The molecule has 6 heteroatoms. The van der Waals surface area contributed by atoms with Crippen LogP contribution in [0.3, 0.4) is 0 Å². The van der Waals surface area contributed by atoms with Gasteiger partial charge in [-0.1, -0.05) is 6.92 Å². The third-order valence-electron chi connectivity index (χ3n) is 0.894. The molecule has 0 rings (SSSR count). The van der Waals surface area contributed by atoms with Crippen LogP contribution in [0.25, 0.3) is 0 Å². The normalized spacial score (nSPS) is 11.8. The van der Waals surface area contributed by atoms with Gasteiger partial charge in [0.1, 0.15) is 0 Å². The minimum atomic E-state index is -5.17. The standard InChI is InChI=1S/C6H16N.H2O4S/c1-5-6-7(2,3)4;1-5(2,3)4/h5-6H2,1-4H3;(H2,1,2,3,4)/q+1;/p-1. The highest BCUT2D eigenvalue weighted by atomic mass is 32.3. The Morgan fingerprint density at radius 2 is 1.50 bits per heavy atom. The number of nitrogens with zero attached hydrogens (tertiary/aromatic N) is 1. The van der Waals surface area contributed by atoms with E-state index in [9.17, 15) is 0 Å². The molecule has 76 valence electrons. The van der Waals surface area contributed by atoms with Crippen LogP contribution >= 0.6 is 0 Å². The molecule has 0 heterocycles. The second-order valence-corrected chi connectivity index (χ2v) is 4.24. The second kappa shape index (κ2) is 5.47. The molecule has 0 radical (unpaired) electrons. The van der Waals surface area contributed by atoms with Crippen molar-refractivity contribution in [1.82, 2.24) is 0 Å². The summed E-state index contributed by atoms with van der Waals surface area (Å²) >= 11 is 0. The van der Waals surface area contributed by atoms with E-state index in [1.165, 1.54) is 13.0 Å². The SMILES string of the molecule is CCC[N+](C)(C)C.O=S(=O)([O-])[O-].[H+]. The van der Waals surface area contributed by atoms with Crippen molar-refractivity contribution < 1.29 is 23.4 Å². The van der Waals surface area contributed by atoms with Gasteiger partial charge in [-0.2, -0.15) is 0 Å². The molecule has 0 amide bonds. The molecule has 0 aromatic carbocycles. The number of rotatable bonds is 2. The van der Waals surface area contributed by atoms with Crippen LogP contribution < -0.4 is 0 Å². The molecule has 0 atom stereocenters. The summed E-state index contributed by atoms with van der Waals surface area (Å²) in [7, 11) is 1.47. The third kappa shape index (κ3) is 52.2. The zero-order valence-corrected chi connectivity index (χ0v) is 8.72.